The van der Waals surface area contributed by atoms with Gasteiger partial charge in [0, 0.05) is 11.9 Å². The molecule has 0 radical (unpaired) electrons. The highest BCUT2D eigenvalue weighted by atomic mass is 32.2. The number of anilines is 1. The molecule has 0 saturated heterocycles. The standard InChI is InChI=1S/C15H19N3O2S/c1-11(2)10-13-4-6-14(7-5-13)21(19,20)18-15-16-9-8-12(3)17-15/h4-9,11H,10H2,1-3H3,(H,16,17,18). The van der Waals surface area contributed by atoms with Gasteiger partial charge in [0.15, 0.2) is 0 Å². The Bertz CT molecular complexity index is 710. The Labute approximate surface area is 125 Å². The number of rotatable bonds is 5. The van der Waals surface area contributed by atoms with Crippen LogP contribution in [0.1, 0.15) is 25.1 Å². The van der Waals surface area contributed by atoms with Gasteiger partial charge in [0.25, 0.3) is 10.0 Å². The summed E-state index contributed by atoms with van der Waals surface area (Å²) in [6.07, 6.45) is 2.45. The maximum Gasteiger partial charge on any atom is 0.264 e. The second kappa shape index (κ2) is 6.22. The molecule has 0 spiro atoms. The van der Waals surface area contributed by atoms with Gasteiger partial charge in [-0.25, -0.2) is 23.1 Å². The van der Waals surface area contributed by atoms with Crippen LogP contribution in [0.15, 0.2) is 41.4 Å². The summed E-state index contributed by atoms with van der Waals surface area (Å²) >= 11 is 0. The lowest BCUT2D eigenvalue weighted by Crippen LogP contribution is -2.15. The van der Waals surface area contributed by atoms with Crippen LogP contribution in [-0.4, -0.2) is 18.4 Å². The van der Waals surface area contributed by atoms with Gasteiger partial charge in [-0.3, -0.25) is 0 Å². The van der Waals surface area contributed by atoms with E-state index < -0.39 is 10.0 Å². The molecule has 0 fully saturated rings. The summed E-state index contributed by atoms with van der Waals surface area (Å²) in [5.74, 6) is 0.618. The van der Waals surface area contributed by atoms with Crippen molar-refractivity contribution in [1.82, 2.24) is 9.97 Å². The fourth-order valence-corrected chi connectivity index (χ4v) is 2.90. The first kappa shape index (κ1) is 15.4. The van der Waals surface area contributed by atoms with E-state index in [0.29, 0.717) is 11.6 Å². The highest BCUT2D eigenvalue weighted by Crippen LogP contribution is 2.16. The van der Waals surface area contributed by atoms with Crippen LogP contribution >= 0.6 is 0 Å². The van der Waals surface area contributed by atoms with Gasteiger partial charge in [-0.2, -0.15) is 0 Å². The lowest BCUT2D eigenvalue weighted by Gasteiger charge is -2.09. The van der Waals surface area contributed by atoms with Gasteiger partial charge >= 0.3 is 0 Å². The Hall–Kier alpha value is -1.95. The minimum Gasteiger partial charge on any atom is -0.247 e. The molecule has 1 aromatic carbocycles. The van der Waals surface area contributed by atoms with Crippen molar-refractivity contribution < 1.29 is 8.42 Å². The van der Waals surface area contributed by atoms with Crippen molar-refractivity contribution in [2.24, 2.45) is 5.92 Å². The average Bonchev–Trinajstić information content (AvgIpc) is 2.38. The van der Waals surface area contributed by atoms with E-state index in [1.54, 1.807) is 25.1 Å². The van der Waals surface area contributed by atoms with Gasteiger partial charge in [-0.05, 0) is 43.0 Å². The van der Waals surface area contributed by atoms with E-state index in [0.717, 1.165) is 12.0 Å². The molecule has 0 bridgehead atoms. The highest BCUT2D eigenvalue weighted by Gasteiger charge is 2.15. The zero-order chi connectivity index (χ0) is 15.5. The molecule has 6 heteroatoms. The quantitative estimate of drug-likeness (QED) is 0.922. The fraction of sp³-hybridized carbons (Fsp3) is 0.333. The third kappa shape index (κ3) is 4.26. The van der Waals surface area contributed by atoms with Crippen LogP contribution in [0.25, 0.3) is 0 Å². The highest BCUT2D eigenvalue weighted by molar-refractivity contribution is 7.92. The van der Waals surface area contributed by atoms with Crippen LogP contribution < -0.4 is 4.72 Å². The number of aryl methyl sites for hydroxylation is 1. The third-order valence-corrected chi connectivity index (χ3v) is 4.24. The van der Waals surface area contributed by atoms with Crippen LogP contribution in [-0.2, 0) is 16.4 Å². The lowest BCUT2D eigenvalue weighted by molar-refractivity contribution is 0.600. The van der Waals surface area contributed by atoms with Gasteiger partial charge in [0.1, 0.15) is 0 Å². The maximum atomic E-state index is 12.3. The summed E-state index contributed by atoms with van der Waals surface area (Å²) in [5.41, 5.74) is 1.82. The average molecular weight is 305 g/mol. The van der Waals surface area contributed by atoms with E-state index in [4.69, 9.17) is 0 Å². The van der Waals surface area contributed by atoms with Crippen molar-refractivity contribution in [1.29, 1.82) is 0 Å². The number of hydrogen-bond donors (Lipinski definition) is 1. The molecule has 0 atom stereocenters. The molecule has 112 valence electrons. The summed E-state index contributed by atoms with van der Waals surface area (Å²) in [4.78, 5) is 8.15. The van der Waals surface area contributed by atoms with Gasteiger partial charge < -0.3 is 0 Å². The number of nitrogens with zero attached hydrogens (tertiary/aromatic N) is 2. The van der Waals surface area contributed by atoms with Gasteiger partial charge in [0.05, 0.1) is 4.90 Å². The molecule has 21 heavy (non-hydrogen) atoms. The number of benzene rings is 1. The molecule has 0 unspecified atom stereocenters. The van der Waals surface area contributed by atoms with Crippen LogP contribution in [0.5, 0.6) is 0 Å². The predicted octanol–water partition coefficient (Wildman–Crippen LogP) is 2.78. The third-order valence-electron chi connectivity index (χ3n) is 2.90. The largest absolute Gasteiger partial charge is 0.264 e. The Balaban J connectivity index is 2.19. The van der Waals surface area contributed by atoms with Gasteiger partial charge in [-0.1, -0.05) is 26.0 Å². The second-order valence-electron chi connectivity index (χ2n) is 5.37. The predicted molar refractivity (Wildman–Crippen MR) is 82.6 cm³/mol. The molecule has 0 aliphatic rings. The summed E-state index contributed by atoms with van der Waals surface area (Å²) in [6.45, 7) is 6.03. The Morgan fingerprint density at radius 1 is 1.14 bits per heavy atom. The molecule has 0 aliphatic heterocycles. The van der Waals surface area contributed by atoms with Crippen LogP contribution in [0.3, 0.4) is 0 Å². The summed E-state index contributed by atoms with van der Waals surface area (Å²) in [7, 11) is -3.65. The molecule has 1 heterocycles. The van der Waals surface area contributed by atoms with E-state index in [1.807, 2.05) is 12.1 Å². The zero-order valence-corrected chi connectivity index (χ0v) is 13.2. The topological polar surface area (TPSA) is 72.0 Å². The van der Waals surface area contributed by atoms with Crippen molar-refractivity contribution in [3.8, 4) is 0 Å². The number of aromatic nitrogens is 2. The minimum atomic E-state index is -3.65. The molecule has 1 N–H and O–H groups in total. The monoisotopic (exact) mass is 305 g/mol. The minimum absolute atomic E-state index is 0.0845. The summed E-state index contributed by atoms with van der Waals surface area (Å²) in [5, 5.41) is 0. The molecule has 2 aromatic rings. The molecular weight excluding hydrogens is 286 g/mol. The molecule has 2 rings (SSSR count). The smallest absolute Gasteiger partial charge is 0.247 e. The maximum absolute atomic E-state index is 12.3. The van der Waals surface area contributed by atoms with E-state index in [2.05, 4.69) is 28.5 Å². The van der Waals surface area contributed by atoms with Crippen LogP contribution in [0.4, 0.5) is 5.95 Å². The molecular formula is C15H19N3O2S. The first-order valence-corrected chi connectivity index (χ1v) is 8.26. The van der Waals surface area contributed by atoms with Gasteiger partial charge in [-0.15, -0.1) is 0 Å². The zero-order valence-electron chi connectivity index (χ0n) is 12.4. The van der Waals surface area contributed by atoms with Crippen molar-refractivity contribution in [2.45, 2.75) is 32.1 Å². The molecule has 0 aliphatic carbocycles. The Kier molecular flexibility index (Phi) is 4.57. The fourth-order valence-electron chi connectivity index (χ4n) is 1.95. The van der Waals surface area contributed by atoms with Crippen molar-refractivity contribution in [3.63, 3.8) is 0 Å². The molecule has 0 saturated carbocycles. The normalized spacial score (nSPS) is 11.6. The van der Waals surface area contributed by atoms with Crippen molar-refractivity contribution >= 4 is 16.0 Å². The second-order valence-corrected chi connectivity index (χ2v) is 7.05. The Morgan fingerprint density at radius 3 is 2.38 bits per heavy atom. The SMILES string of the molecule is Cc1ccnc(NS(=O)(=O)c2ccc(CC(C)C)cc2)n1. The summed E-state index contributed by atoms with van der Waals surface area (Å²) < 4.78 is 26.9. The first-order chi connectivity index (χ1) is 9.87. The van der Waals surface area contributed by atoms with E-state index in [9.17, 15) is 8.42 Å². The van der Waals surface area contributed by atoms with Crippen molar-refractivity contribution in [3.05, 3.63) is 47.8 Å². The van der Waals surface area contributed by atoms with E-state index in [-0.39, 0.29) is 10.8 Å². The van der Waals surface area contributed by atoms with Gasteiger partial charge in [0.2, 0.25) is 5.95 Å². The lowest BCUT2D eigenvalue weighted by atomic mass is 10.0. The summed E-state index contributed by atoms with van der Waals surface area (Å²) in [6, 6.07) is 8.60. The number of sulfonamides is 1. The Morgan fingerprint density at radius 2 is 1.81 bits per heavy atom. The van der Waals surface area contributed by atoms with Crippen LogP contribution in [0.2, 0.25) is 0 Å². The number of hydrogen-bond acceptors (Lipinski definition) is 4. The molecule has 1 aromatic heterocycles. The van der Waals surface area contributed by atoms with Crippen LogP contribution in [0, 0.1) is 12.8 Å². The van der Waals surface area contributed by atoms with E-state index in [1.165, 1.54) is 6.20 Å². The first-order valence-electron chi connectivity index (χ1n) is 6.78. The molecule has 0 amide bonds. The van der Waals surface area contributed by atoms with E-state index >= 15 is 0 Å². The van der Waals surface area contributed by atoms with Crippen molar-refractivity contribution in [2.75, 3.05) is 4.72 Å². The number of nitrogens with one attached hydrogen (secondary N) is 1. The molecule has 5 nitrogen and oxygen atoms in total.